The molecule has 1 fully saturated rings. The maximum absolute atomic E-state index is 12.4. The van der Waals surface area contributed by atoms with Gasteiger partial charge in [-0.3, -0.25) is 9.00 Å². The van der Waals surface area contributed by atoms with E-state index >= 15 is 0 Å². The zero-order valence-corrected chi connectivity index (χ0v) is 13.7. The molecule has 0 radical (unpaired) electrons. The SMILES string of the molecule is Cc1ccccc1C[S@@](=O)[C@H](C)C(=O)NC1CCCCC1. The topological polar surface area (TPSA) is 46.2 Å². The summed E-state index contributed by atoms with van der Waals surface area (Å²) in [6.07, 6.45) is 5.75. The first-order valence-corrected chi connectivity index (χ1v) is 9.18. The molecule has 0 aliphatic heterocycles. The Morgan fingerprint density at radius 2 is 1.95 bits per heavy atom. The van der Waals surface area contributed by atoms with Crippen molar-refractivity contribution in [3.05, 3.63) is 35.4 Å². The second-order valence-electron chi connectivity index (χ2n) is 5.94. The van der Waals surface area contributed by atoms with Crippen LogP contribution in [0, 0.1) is 6.92 Å². The summed E-state index contributed by atoms with van der Waals surface area (Å²) in [6, 6.07) is 8.20. The van der Waals surface area contributed by atoms with Gasteiger partial charge in [-0.1, -0.05) is 43.5 Å². The summed E-state index contributed by atoms with van der Waals surface area (Å²) in [5, 5.41) is 2.62. The van der Waals surface area contributed by atoms with Crippen LogP contribution < -0.4 is 5.32 Å². The van der Waals surface area contributed by atoms with Crippen LogP contribution in [0.2, 0.25) is 0 Å². The van der Waals surface area contributed by atoms with Gasteiger partial charge < -0.3 is 5.32 Å². The lowest BCUT2D eigenvalue weighted by Gasteiger charge is -2.24. The average Bonchev–Trinajstić information content (AvgIpc) is 2.49. The van der Waals surface area contributed by atoms with Crippen molar-refractivity contribution in [2.45, 2.75) is 63.0 Å². The number of aryl methyl sites for hydroxylation is 1. The molecule has 2 rings (SSSR count). The lowest BCUT2D eigenvalue weighted by Crippen LogP contribution is -2.42. The van der Waals surface area contributed by atoms with Gasteiger partial charge in [-0.25, -0.2) is 0 Å². The summed E-state index contributed by atoms with van der Waals surface area (Å²) in [6.45, 7) is 3.78. The van der Waals surface area contributed by atoms with Crippen LogP contribution in [0.3, 0.4) is 0 Å². The first-order valence-electron chi connectivity index (χ1n) is 7.80. The predicted molar refractivity (Wildman–Crippen MR) is 87.5 cm³/mol. The third kappa shape index (κ3) is 4.67. The van der Waals surface area contributed by atoms with E-state index in [9.17, 15) is 9.00 Å². The van der Waals surface area contributed by atoms with Crippen LogP contribution in [-0.4, -0.2) is 21.4 Å². The number of carbonyl (C=O) groups excluding carboxylic acids is 1. The molecule has 0 unspecified atom stereocenters. The van der Waals surface area contributed by atoms with Crippen LogP contribution in [0.4, 0.5) is 0 Å². The van der Waals surface area contributed by atoms with Crippen LogP contribution in [0.15, 0.2) is 24.3 Å². The summed E-state index contributed by atoms with van der Waals surface area (Å²) in [7, 11) is -1.17. The fraction of sp³-hybridized carbons (Fsp3) is 0.588. The van der Waals surface area contributed by atoms with E-state index in [2.05, 4.69) is 5.32 Å². The fourth-order valence-corrected chi connectivity index (χ4v) is 3.92. The van der Waals surface area contributed by atoms with Gasteiger partial charge in [0.25, 0.3) is 0 Å². The van der Waals surface area contributed by atoms with Crippen LogP contribution in [0.25, 0.3) is 0 Å². The Hall–Kier alpha value is -1.16. The van der Waals surface area contributed by atoms with E-state index in [1.807, 2.05) is 31.2 Å². The maximum Gasteiger partial charge on any atom is 0.235 e. The molecule has 0 aromatic heterocycles. The lowest BCUT2D eigenvalue weighted by molar-refractivity contribution is -0.121. The van der Waals surface area contributed by atoms with E-state index in [4.69, 9.17) is 0 Å². The number of hydrogen-bond acceptors (Lipinski definition) is 2. The van der Waals surface area contributed by atoms with Gasteiger partial charge in [0.05, 0.1) is 0 Å². The van der Waals surface area contributed by atoms with Crippen LogP contribution >= 0.6 is 0 Å². The third-order valence-corrected chi connectivity index (χ3v) is 5.87. The minimum atomic E-state index is -1.17. The Kier molecular flexibility index (Phi) is 5.97. The highest BCUT2D eigenvalue weighted by Gasteiger charge is 2.23. The number of hydrogen-bond donors (Lipinski definition) is 1. The van der Waals surface area contributed by atoms with Crippen LogP contribution in [-0.2, 0) is 21.3 Å². The van der Waals surface area contributed by atoms with Gasteiger partial charge in [0.2, 0.25) is 5.91 Å². The predicted octanol–water partition coefficient (Wildman–Crippen LogP) is 3.08. The summed E-state index contributed by atoms with van der Waals surface area (Å²) < 4.78 is 12.4. The van der Waals surface area contributed by atoms with Gasteiger partial charge in [0, 0.05) is 22.6 Å². The minimum Gasteiger partial charge on any atom is -0.352 e. The van der Waals surface area contributed by atoms with Crippen molar-refractivity contribution in [3.8, 4) is 0 Å². The molecule has 0 spiro atoms. The van der Waals surface area contributed by atoms with Gasteiger partial charge in [0.15, 0.2) is 0 Å². The van der Waals surface area contributed by atoms with Crippen molar-refractivity contribution in [2.75, 3.05) is 0 Å². The molecule has 1 amide bonds. The molecule has 1 N–H and O–H groups in total. The fourth-order valence-electron chi connectivity index (χ4n) is 2.74. The van der Waals surface area contributed by atoms with Gasteiger partial charge in [-0.15, -0.1) is 0 Å². The molecule has 1 aliphatic carbocycles. The standard InChI is InChI=1S/C17H25NO2S/c1-13-8-6-7-9-15(13)12-21(20)14(2)17(19)18-16-10-4-3-5-11-16/h6-9,14,16H,3-5,10-12H2,1-2H3,(H,18,19)/t14-,21-/m1/s1. The quantitative estimate of drug-likeness (QED) is 0.908. The Morgan fingerprint density at radius 3 is 2.62 bits per heavy atom. The molecule has 2 atom stereocenters. The molecule has 4 heteroatoms. The van der Waals surface area contributed by atoms with Gasteiger partial charge in [-0.2, -0.15) is 0 Å². The number of benzene rings is 1. The van der Waals surface area contributed by atoms with Gasteiger partial charge in [-0.05, 0) is 37.8 Å². The lowest BCUT2D eigenvalue weighted by atomic mass is 9.95. The molecule has 21 heavy (non-hydrogen) atoms. The highest BCUT2D eigenvalue weighted by Crippen LogP contribution is 2.18. The number of rotatable bonds is 5. The second kappa shape index (κ2) is 7.74. The highest BCUT2D eigenvalue weighted by molar-refractivity contribution is 7.85. The largest absolute Gasteiger partial charge is 0.352 e. The smallest absolute Gasteiger partial charge is 0.235 e. The Bertz CT molecular complexity index is 509. The van der Waals surface area contributed by atoms with E-state index in [-0.39, 0.29) is 11.9 Å². The Labute approximate surface area is 130 Å². The molecule has 3 nitrogen and oxygen atoms in total. The van der Waals surface area contributed by atoms with Crippen molar-refractivity contribution in [1.82, 2.24) is 5.32 Å². The van der Waals surface area contributed by atoms with Crippen molar-refractivity contribution in [3.63, 3.8) is 0 Å². The van der Waals surface area contributed by atoms with E-state index in [0.717, 1.165) is 24.0 Å². The molecule has 0 heterocycles. The zero-order valence-electron chi connectivity index (χ0n) is 12.9. The monoisotopic (exact) mass is 307 g/mol. The molecule has 0 bridgehead atoms. The Morgan fingerprint density at radius 1 is 1.29 bits per heavy atom. The van der Waals surface area contributed by atoms with Crippen molar-refractivity contribution < 1.29 is 9.00 Å². The van der Waals surface area contributed by atoms with E-state index in [1.165, 1.54) is 19.3 Å². The number of nitrogens with one attached hydrogen (secondary N) is 1. The van der Waals surface area contributed by atoms with E-state index < -0.39 is 16.0 Å². The summed E-state index contributed by atoms with van der Waals surface area (Å²) >= 11 is 0. The minimum absolute atomic E-state index is 0.0613. The molecular weight excluding hydrogens is 282 g/mol. The molecule has 1 aliphatic rings. The second-order valence-corrected chi connectivity index (χ2v) is 7.69. The normalized spacial score (nSPS) is 19.0. The molecule has 0 saturated heterocycles. The maximum atomic E-state index is 12.4. The molecule has 1 aromatic rings. The van der Waals surface area contributed by atoms with Crippen LogP contribution in [0.1, 0.15) is 50.2 Å². The van der Waals surface area contributed by atoms with Crippen molar-refractivity contribution >= 4 is 16.7 Å². The molecule has 116 valence electrons. The van der Waals surface area contributed by atoms with Crippen molar-refractivity contribution in [1.29, 1.82) is 0 Å². The van der Waals surface area contributed by atoms with Gasteiger partial charge in [0.1, 0.15) is 5.25 Å². The third-order valence-electron chi connectivity index (χ3n) is 4.27. The van der Waals surface area contributed by atoms with Gasteiger partial charge >= 0.3 is 0 Å². The zero-order chi connectivity index (χ0) is 15.2. The number of amides is 1. The summed E-state index contributed by atoms with van der Waals surface area (Å²) in [5.74, 6) is 0.389. The molecule has 1 saturated carbocycles. The first kappa shape index (κ1) is 16.2. The van der Waals surface area contributed by atoms with E-state index in [0.29, 0.717) is 5.75 Å². The molecule has 1 aromatic carbocycles. The average molecular weight is 307 g/mol. The van der Waals surface area contributed by atoms with Crippen LogP contribution in [0.5, 0.6) is 0 Å². The highest BCUT2D eigenvalue weighted by atomic mass is 32.2. The van der Waals surface area contributed by atoms with E-state index in [1.54, 1.807) is 6.92 Å². The Balaban J connectivity index is 1.89. The van der Waals surface area contributed by atoms with Crippen molar-refractivity contribution in [2.24, 2.45) is 0 Å². The summed E-state index contributed by atoms with van der Waals surface area (Å²) in [4.78, 5) is 12.2. The first-order chi connectivity index (χ1) is 10.1. The summed E-state index contributed by atoms with van der Waals surface area (Å²) in [5.41, 5.74) is 2.19. The number of carbonyl (C=O) groups is 1. The molecular formula is C17H25NO2S.